The minimum absolute atomic E-state index is 0.0439. The van der Waals surface area contributed by atoms with Crippen molar-refractivity contribution in [3.8, 4) is 0 Å². The monoisotopic (exact) mass is 258 g/mol. The van der Waals surface area contributed by atoms with Gasteiger partial charge in [0.15, 0.2) is 0 Å². The molecule has 0 aromatic carbocycles. The number of ether oxygens (including phenoxy) is 1. The van der Waals surface area contributed by atoms with Gasteiger partial charge < -0.3 is 14.9 Å². The normalized spacial score (nSPS) is 18.7. The van der Waals surface area contributed by atoms with E-state index in [1.165, 1.54) is 25.7 Å². The van der Waals surface area contributed by atoms with Gasteiger partial charge in [0.05, 0.1) is 6.10 Å². The highest BCUT2D eigenvalue weighted by atomic mass is 16.6. The zero-order chi connectivity index (χ0) is 13.6. The van der Waals surface area contributed by atoms with Gasteiger partial charge in [0, 0.05) is 6.54 Å². The third kappa shape index (κ3) is 5.69. The first-order valence-electron chi connectivity index (χ1n) is 6.75. The van der Waals surface area contributed by atoms with Crippen molar-refractivity contribution < 1.29 is 14.4 Å². The predicted molar refractivity (Wildman–Crippen MR) is 69.9 cm³/mol. The average Bonchev–Trinajstić information content (AvgIpc) is 2.75. The molecule has 0 aromatic rings. The van der Waals surface area contributed by atoms with E-state index in [2.05, 4.69) is 5.32 Å². The molecule has 1 atom stereocenters. The van der Waals surface area contributed by atoms with Crippen LogP contribution in [0, 0.1) is 5.92 Å². The van der Waals surface area contributed by atoms with Gasteiger partial charge in [0.25, 0.3) is 0 Å². The fourth-order valence-electron chi connectivity index (χ4n) is 2.37. The van der Waals surface area contributed by atoms with Gasteiger partial charge in [-0.3, -0.25) is 0 Å². The predicted octanol–water partition coefficient (Wildman–Crippen LogP) is 2.35. The van der Waals surface area contributed by atoms with Crippen molar-refractivity contribution in [1.29, 1.82) is 0 Å². The molecule has 0 aliphatic heterocycles. The Hall–Kier alpha value is -0.810. The SMILES string of the molecule is CC(C)(C)OC(=O)NCCC(ON)C1CCCC1. The van der Waals surface area contributed by atoms with Crippen molar-refractivity contribution in [2.75, 3.05) is 6.54 Å². The number of hydrogen-bond donors (Lipinski definition) is 2. The second-order valence-electron chi connectivity index (χ2n) is 5.94. The lowest BCUT2D eigenvalue weighted by Gasteiger charge is -2.22. The number of amides is 1. The van der Waals surface area contributed by atoms with Crippen LogP contribution in [0.3, 0.4) is 0 Å². The van der Waals surface area contributed by atoms with E-state index in [1.54, 1.807) is 0 Å². The summed E-state index contributed by atoms with van der Waals surface area (Å²) in [4.78, 5) is 16.5. The molecule has 0 heterocycles. The number of nitrogens with one attached hydrogen (secondary N) is 1. The number of carbonyl (C=O) groups is 1. The highest BCUT2D eigenvalue weighted by Gasteiger charge is 2.25. The Balaban J connectivity index is 2.20. The number of hydrogen-bond acceptors (Lipinski definition) is 4. The second-order valence-corrected chi connectivity index (χ2v) is 5.94. The minimum Gasteiger partial charge on any atom is -0.444 e. The first kappa shape index (κ1) is 15.2. The molecule has 0 spiro atoms. The smallest absolute Gasteiger partial charge is 0.407 e. The van der Waals surface area contributed by atoms with Gasteiger partial charge in [-0.05, 0) is 46.0 Å². The van der Waals surface area contributed by atoms with Crippen LogP contribution in [0.2, 0.25) is 0 Å². The molecular formula is C13H26N2O3. The highest BCUT2D eigenvalue weighted by molar-refractivity contribution is 5.67. The Morgan fingerprint density at radius 3 is 2.50 bits per heavy atom. The average molecular weight is 258 g/mol. The fraction of sp³-hybridized carbons (Fsp3) is 0.923. The first-order valence-corrected chi connectivity index (χ1v) is 6.75. The summed E-state index contributed by atoms with van der Waals surface area (Å²) >= 11 is 0. The first-order chi connectivity index (χ1) is 8.42. The maximum atomic E-state index is 11.4. The molecule has 1 aliphatic carbocycles. The highest BCUT2D eigenvalue weighted by Crippen LogP contribution is 2.29. The Bertz CT molecular complexity index is 257. The van der Waals surface area contributed by atoms with E-state index >= 15 is 0 Å². The summed E-state index contributed by atoms with van der Waals surface area (Å²) in [6.45, 7) is 6.07. The Morgan fingerprint density at radius 1 is 1.39 bits per heavy atom. The van der Waals surface area contributed by atoms with E-state index in [-0.39, 0.29) is 12.2 Å². The van der Waals surface area contributed by atoms with Crippen molar-refractivity contribution in [1.82, 2.24) is 5.32 Å². The van der Waals surface area contributed by atoms with Crippen LogP contribution >= 0.6 is 0 Å². The molecule has 3 N–H and O–H groups in total. The third-order valence-corrected chi connectivity index (χ3v) is 3.20. The van der Waals surface area contributed by atoms with Crippen molar-refractivity contribution in [2.24, 2.45) is 11.8 Å². The largest absolute Gasteiger partial charge is 0.444 e. The summed E-state index contributed by atoms with van der Waals surface area (Å²) in [6, 6.07) is 0. The van der Waals surface area contributed by atoms with Gasteiger partial charge in [-0.25, -0.2) is 10.7 Å². The molecule has 5 nitrogen and oxygen atoms in total. The summed E-state index contributed by atoms with van der Waals surface area (Å²) in [5.41, 5.74) is -0.459. The molecule has 5 heteroatoms. The molecule has 18 heavy (non-hydrogen) atoms. The van der Waals surface area contributed by atoms with Crippen LogP contribution in [0.25, 0.3) is 0 Å². The van der Waals surface area contributed by atoms with Gasteiger partial charge in [-0.15, -0.1) is 0 Å². The number of rotatable bonds is 5. The zero-order valence-electron chi connectivity index (χ0n) is 11.7. The van der Waals surface area contributed by atoms with Crippen LogP contribution in [0.4, 0.5) is 4.79 Å². The van der Waals surface area contributed by atoms with Crippen LogP contribution in [0.15, 0.2) is 0 Å². The van der Waals surface area contributed by atoms with Crippen molar-refractivity contribution in [2.45, 2.75) is 64.6 Å². The standard InChI is InChI=1S/C13H26N2O3/c1-13(2,3)17-12(16)15-9-8-11(18-14)10-6-4-5-7-10/h10-11H,4-9,14H2,1-3H3,(H,15,16). The number of alkyl carbamates (subject to hydrolysis) is 1. The number of nitrogens with two attached hydrogens (primary N) is 1. The van der Waals surface area contributed by atoms with Crippen molar-refractivity contribution in [3.63, 3.8) is 0 Å². The van der Waals surface area contributed by atoms with Crippen molar-refractivity contribution in [3.05, 3.63) is 0 Å². The van der Waals surface area contributed by atoms with Gasteiger partial charge in [-0.1, -0.05) is 12.8 Å². The maximum absolute atomic E-state index is 11.4. The lowest BCUT2D eigenvalue weighted by atomic mass is 9.98. The molecule has 0 aromatic heterocycles. The van der Waals surface area contributed by atoms with E-state index in [0.29, 0.717) is 12.5 Å². The molecule has 1 aliphatic rings. The molecule has 1 unspecified atom stereocenters. The van der Waals surface area contributed by atoms with Gasteiger partial charge in [-0.2, -0.15) is 0 Å². The molecule has 0 radical (unpaired) electrons. The zero-order valence-corrected chi connectivity index (χ0v) is 11.7. The minimum atomic E-state index is -0.459. The Kier molecular flexibility index (Phi) is 5.88. The van der Waals surface area contributed by atoms with Crippen LogP contribution in [0.5, 0.6) is 0 Å². The van der Waals surface area contributed by atoms with Crippen LogP contribution in [-0.4, -0.2) is 24.3 Å². The van der Waals surface area contributed by atoms with E-state index in [9.17, 15) is 4.79 Å². The maximum Gasteiger partial charge on any atom is 0.407 e. The van der Waals surface area contributed by atoms with Crippen molar-refractivity contribution >= 4 is 6.09 Å². The van der Waals surface area contributed by atoms with Crippen LogP contribution in [0.1, 0.15) is 52.9 Å². The molecule has 1 saturated carbocycles. The Morgan fingerprint density at radius 2 is 2.00 bits per heavy atom. The fourth-order valence-corrected chi connectivity index (χ4v) is 2.37. The lowest BCUT2D eigenvalue weighted by molar-refractivity contribution is 0.00638. The van der Waals surface area contributed by atoms with E-state index in [0.717, 1.165) is 6.42 Å². The van der Waals surface area contributed by atoms with Gasteiger partial charge >= 0.3 is 6.09 Å². The van der Waals surface area contributed by atoms with E-state index < -0.39 is 5.60 Å². The molecule has 0 saturated heterocycles. The van der Waals surface area contributed by atoms with E-state index in [4.69, 9.17) is 15.5 Å². The quantitative estimate of drug-likeness (QED) is 0.742. The molecular weight excluding hydrogens is 232 g/mol. The summed E-state index contributed by atoms with van der Waals surface area (Å²) < 4.78 is 5.16. The molecule has 1 amide bonds. The van der Waals surface area contributed by atoms with Crippen LogP contribution in [-0.2, 0) is 9.57 Å². The van der Waals surface area contributed by atoms with Gasteiger partial charge in [0.2, 0.25) is 0 Å². The van der Waals surface area contributed by atoms with Gasteiger partial charge in [0.1, 0.15) is 5.60 Å². The summed E-state index contributed by atoms with van der Waals surface area (Å²) in [5, 5.41) is 2.73. The number of carbonyl (C=O) groups excluding carboxylic acids is 1. The topological polar surface area (TPSA) is 73.6 Å². The molecule has 0 bridgehead atoms. The summed E-state index contributed by atoms with van der Waals surface area (Å²) in [5.74, 6) is 5.86. The molecule has 106 valence electrons. The second kappa shape index (κ2) is 6.95. The van der Waals surface area contributed by atoms with Crippen LogP contribution < -0.4 is 11.2 Å². The summed E-state index contributed by atoms with van der Waals surface area (Å²) in [6.07, 6.45) is 5.25. The molecule has 1 rings (SSSR count). The van der Waals surface area contributed by atoms with E-state index in [1.807, 2.05) is 20.8 Å². The lowest BCUT2D eigenvalue weighted by Crippen LogP contribution is -2.36. The Labute approximate surface area is 109 Å². The third-order valence-electron chi connectivity index (χ3n) is 3.20. The molecule has 1 fully saturated rings. The summed E-state index contributed by atoms with van der Waals surface area (Å²) in [7, 11) is 0.